The predicted octanol–water partition coefficient (Wildman–Crippen LogP) is 2.05. The Hall–Kier alpha value is -1.13. The third kappa shape index (κ3) is 5.17. The maximum Gasteiger partial charge on any atom is 0.213 e. The number of hydrogen-bond donors (Lipinski definition) is 1. The Bertz CT molecular complexity index is 375. The largest absolute Gasteiger partial charge is 0.476 e. The third-order valence-corrected chi connectivity index (χ3v) is 3.33. The van der Waals surface area contributed by atoms with E-state index in [4.69, 9.17) is 4.74 Å². The fourth-order valence-electron chi connectivity index (χ4n) is 2.23. The molecule has 19 heavy (non-hydrogen) atoms. The molecule has 106 valence electrons. The van der Waals surface area contributed by atoms with Gasteiger partial charge in [-0.05, 0) is 32.0 Å². The van der Waals surface area contributed by atoms with Crippen LogP contribution < -0.4 is 10.1 Å². The first-order valence-electron chi connectivity index (χ1n) is 7.28. The van der Waals surface area contributed by atoms with Gasteiger partial charge in [0, 0.05) is 25.2 Å². The summed E-state index contributed by atoms with van der Waals surface area (Å²) < 4.78 is 5.73. The molecule has 1 fully saturated rings. The number of nitrogens with one attached hydrogen (secondary N) is 1. The zero-order valence-corrected chi connectivity index (χ0v) is 12.1. The quantitative estimate of drug-likeness (QED) is 0.817. The van der Waals surface area contributed by atoms with Crippen LogP contribution in [0.3, 0.4) is 0 Å². The van der Waals surface area contributed by atoms with Gasteiger partial charge < -0.3 is 10.1 Å². The molecule has 0 amide bonds. The van der Waals surface area contributed by atoms with Crippen molar-refractivity contribution in [2.24, 2.45) is 0 Å². The average Bonchev–Trinajstić information content (AvgIpc) is 2.90. The second-order valence-corrected chi connectivity index (χ2v) is 5.40. The fraction of sp³-hybridized carbons (Fsp3) is 0.667. The van der Waals surface area contributed by atoms with Crippen molar-refractivity contribution in [3.8, 4) is 5.88 Å². The summed E-state index contributed by atoms with van der Waals surface area (Å²) in [4.78, 5) is 6.95. The average molecular weight is 263 g/mol. The van der Waals surface area contributed by atoms with Gasteiger partial charge in [-0.25, -0.2) is 4.98 Å². The van der Waals surface area contributed by atoms with Crippen LogP contribution in [0.2, 0.25) is 0 Å². The molecule has 2 rings (SSSR count). The molecule has 0 unspecified atom stereocenters. The van der Waals surface area contributed by atoms with Crippen LogP contribution in [0.15, 0.2) is 18.2 Å². The van der Waals surface area contributed by atoms with Gasteiger partial charge in [0.15, 0.2) is 0 Å². The maximum absolute atomic E-state index is 5.73. The molecule has 0 radical (unpaired) electrons. The molecule has 1 aliphatic heterocycles. The minimum atomic E-state index is 0.474. The summed E-state index contributed by atoms with van der Waals surface area (Å²) in [5, 5.41) is 3.36. The van der Waals surface area contributed by atoms with Crippen molar-refractivity contribution in [3.63, 3.8) is 0 Å². The summed E-state index contributed by atoms with van der Waals surface area (Å²) >= 11 is 0. The standard InChI is InChI=1S/C15H25N3O/c1-13(2)16-12-14-6-5-7-15(17-14)19-11-10-18-8-3-4-9-18/h5-7,13,16H,3-4,8-12H2,1-2H3. The number of aromatic nitrogens is 1. The normalized spacial score (nSPS) is 16.2. The highest BCUT2D eigenvalue weighted by atomic mass is 16.5. The number of pyridine rings is 1. The molecule has 1 aromatic rings. The molecule has 0 spiro atoms. The molecule has 2 heterocycles. The van der Waals surface area contributed by atoms with E-state index in [1.54, 1.807) is 0 Å². The van der Waals surface area contributed by atoms with Crippen molar-refractivity contribution in [1.82, 2.24) is 15.2 Å². The number of nitrogens with zero attached hydrogens (tertiary/aromatic N) is 2. The van der Waals surface area contributed by atoms with E-state index >= 15 is 0 Å². The third-order valence-electron chi connectivity index (χ3n) is 3.33. The van der Waals surface area contributed by atoms with Crippen LogP contribution in [-0.4, -0.2) is 42.2 Å². The van der Waals surface area contributed by atoms with Gasteiger partial charge in [0.25, 0.3) is 0 Å². The fourth-order valence-corrected chi connectivity index (χ4v) is 2.23. The summed E-state index contributed by atoms with van der Waals surface area (Å²) in [5.41, 5.74) is 1.03. The Balaban J connectivity index is 1.74. The van der Waals surface area contributed by atoms with Crippen molar-refractivity contribution in [1.29, 1.82) is 0 Å². The van der Waals surface area contributed by atoms with E-state index in [9.17, 15) is 0 Å². The van der Waals surface area contributed by atoms with Crippen molar-refractivity contribution in [2.75, 3.05) is 26.2 Å². The topological polar surface area (TPSA) is 37.4 Å². The lowest BCUT2D eigenvalue weighted by molar-refractivity contribution is 0.231. The lowest BCUT2D eigenvalue weighted by Crippen LogP contribution is -2.25. The van der Waals surface area contributed by atoms with Gasteiger partial charge >= 0.3 is 0 Å². The van der Waals surface area contributed by atoms with Crippen molar-refractivity contribution >= 4 is 0 Å². The molecule has 1 saturated heterocycles. The number of ether oxygens (including phenoxy) is 1. The highest BCUT2D eigenvalue weighted by Crippen LogP contribution is 2.09. The first-order chi connectivity index (χ1) is 9.24. The number of hydrogen-bond acceptors (Lipinski definition) is 4. The van der Waals surface area contributed by atoms with E-state index in [0.29, 0.717) is 6.04 Å². The van der Waals surface area contributed by atoms with E-state index in [0.717, 1.165) is 31.3 Å². The van der Waals surface area contributed by atoms with Crippen LogP contribution in [0.5, 0.6) is 5.88 Å². The minimum Gasteiger partial charge on any atom is -0.476 e. The van der Waals surface area contributed by atoms with E-state index in [1.807, 2.05) is 18.2 Å². The molecule has 0 saturated carbocycles. The number of rotatable bonds is 7. The molecule has 0 atom stereocenters. The van der Waals surface area contributed by atoms with Crippen LogP contribution >= 0.6 is 0 Å². The van der Waals surface area contributed by atoms with Crippen molar-refractivity contribution < 1.29 is 4.74 Å². The summed E-state index contributed by atoms with van der Waals surface area (Å²) in [6.07, 6.45) is 2.66. The first-order valence-corrected chi connectivity index (χ1v) is 7.28. The van der Waals surface area contributed by atoms with Crippen LogP contribution in [0.25, 0.3) is 0 Å². The summed E-state index contributed by atoms with van der Waals surface area (Å²) in [6, 6.07) is 6.45. The Labute approximate surface area is 116 Å². The number of likely N-dealkylation sites (tertiary alicyclic amines) is 1. The molecule has 4 nitrogen and oxygen atoms in total. The SMILES string of the molecule is CC(C)NCc1cccc(OCCN2CCCC2)n1. The van der Waals surface area contributed by atoms with Gasteiger partial charge in [0.1, 0.15) is 6.61 Å². The van der Waals surface area contributed by atoms with E-state index < -0.39 is 0 Å². The molecule has 0 aromatic carbocycles. The van der Waals surface area contributed by atoms with Crippen molar-refractivity contribution in [2.45, 2.75) is 39.3 Å². The Kier molecular flexibility index (Phi) is 5.61. The van der Waals surface area contributed by atoms with E-state index in [-0.39, 0.29) is 0 Å². The van der Waals surface area contributed by atoms with E-state index in [2.05, 4.69) is 29.0 Å². The Morgan fingerprint density at radius 3 is 2.84 bits per heavy atom. The zero-order chi connectivity index (χ0) is 13.5. The molecular formula is C15H25N3O. The second-order valence-electron chi connectivity index (χ2n) is 5.40. The zero-order valence-electron chi connectivity index (χ0n) is 12.1. The van der Waals surface area contributed by atoms with Gasteiger partial charge in [-0.15, -0.1) is 0 Å². The predicted molar refractivity (Wildman–Crippen MR) is 77.4 cm³/mol. The molecule has 1 N–H and O–H groups in total. The van der Waals surface area contributed by atoms with Gasteiger partial charge in [0.2, 0.25) is 5.88 Å². The van der Waals surface area contributed by atoms with Crippen LogP contribution in [0.1, 0.15) is 32.4 Å². The van der Waals surface area contributed by atoms with Gasteiger partial charge in [-0.3, -0.25) is 4.90 Å². The highest BCUT2D eigenvalue weighted by Gasteiger charge is 2.10. The monoisotopic (exact) mass is 263 g/mol. The van der Waals surface area contributed by atoms with Crippen molar-refractivity contribution in [3.05, 3.63) is 23.9 Å². The summed E-state index contributed by atoms with van der Waals surface area (Å²) in [7, 11) is 0. The lowest BCUT2D eigenvalue weighted by Gasteiger charge is -2.15. The lowest BCUT2D eigenvalue weighted by atomic mass is 10.3. The van der Waals surface area contributed by atoms with Crippen LogP contribution in [-0.2, 0) is 6.54 Å². The highest BCUT2D eigenvalue weighted by molar-refractivity contribution is 5.15. The molecule has 1 aromatic heterocycles. The maximum atomic E-state index is 5.73. The Morgan fingerprint density at radius 2 is 2.11 bits per heavy atom. The Morgan fingerprint density at radius 1 is 1.32 bits per heavy atom. The molecule has 1 aliphatic rings. The van der Waals surface area contributed by atoms with Gasteiger partial charge in [0.05, 0.1) is 5.69 Å². The van der Waals surface area contributed by atoms with Crippen LogP contribution in [0, 0.1) is 0 Å². The van der Waals surface area contributed by atoms with Gasteiger partial charge in [-0.2, -0.15) is 0 Å². The summed E-state index contributed by atoms with van der Waals surface area (Å²) in [6.45, 7) is 9.24. The summed E-state index contributed by atoms with van der Waals surface area (Å²) in [5.74, 6) is 0.738. The second kappa shape index (κ2) is 7.46. The molecule has 0 bridgehead atoms. The molecule has 4 heteroatoms. The minimum absolute atomic E-state index is 0.474. The molecule has 0 aliphatic carbocycles. The molecular weight excluding hydrogens is 238 g/mol. The van der Waals surface area contributed by atoms with Crippen LogP contribution in [0.4, 0.5) is 0 Å². The van der Waals surface area contributed by atoms with Gasteiger partial charge in [-0.1, -0.05) is 19.9 Å². The first kappa shape index (κ1) is 14.3. The smallest absolute Gasteiger partial charge is 0.213 e. The van der Waals surface area contributed by atoms with E-state index in [1.165, 1.54) is 25.9 Å².